The lowest BCUT2D eigenvalue weighted by atomic mass is 10.1. The van der Waals surface area contributed by atoms with Crippen molar-refractivity contribution in [3.63, 3.8) is 0 Å². The minimum absolute atomic E-state index is 0.377. The minimum Gasteiger partial charge on any atom is -0.366 e. The van der Waals surface area contributed by atoms with E-state index in [1.54, 1.807) is 23.5 Å². The van der Waals surface area contributed by atoms with Gasteiger partial charge >= 0.3 is 0 Å². The first-order chi connectivity index (χ1) is 9.19. The van der Waals surface area contributed by atoms with E-state index in [1.807, 2.05) is 12.1 Å². The fourth-order valence-electron chi connectivity index (χ4n) is 1.94. The van der Waals surface area contributed by atoms with Crippen molar-refractivity contribution in [3.05, 3.63) is 57.8 Å². The number of hydrogen-bond donors (Lipinski definition) is 1. The van der Waals surface area contributed by atoms with Gasteiger partial charge in [0, 0.05) is 23.5 Å². The van der Waals surface area contributed by atoms with Crippen LogP contribution in [0.2, 0.25) is 0 Å². The summed E-state index contributed by atoms with van der Waals surface area (Å²) in [6.07, 6.45) is 0. The van der Waals surface area contributed by atoms with Crippen LogP contribution in [0.25, 0.3) is 0 Å². The number of thiophene rings is 1. The number of amides is 1. The number of rotatable bonds is 6. The van der Waals surface area contributed by atoms with E-state index in [1.165, 1.54) is 10.4 Å². The summed E-state index contributed by atoms with van der Waals surface area (Å²) in [6.45, 7) is 5.00. The minimum atomic E-state index is -0.377. The molecule has 0 fully saturated rings. The van der Waals surface area contributed by atoms with Gasteiger partial charge in [0.25, 0.3) is 0 Å². The van der Waals surface area contributed by atoms with Crippen molar-refractivity contribution in [2.45, 2.75) is 20.0 Å². The van der Waals surface area contributed by atoms with Crippen LogP contribution in [-0.2, 0) is 13.1 Å². The lowest BCUT2D eigenvalue weighted by Gasteiger charge is -2.19. The van der Waals surface area contributed by atoms with E-state index in [9.17, 15) is 4.79 Å². The van der Waals surface area contributed by atoms with E-state index in [-0.39, 0.29) is 5.91 Å². The van der Waals surface area contributed by atoms with Gasteiger partial charge in [-0.25, -0.2) is 0 Å². The van der Waals surface area contributed by atoms with Crippen LogP contribution in [-0.4, -0.2) is 17.4 Å². The van der Waals surface area contributed by atoms with Gasteiger partial charge in [0.2, 0.25) is 5.91 Å². The molecular formula is C15H18N2OS. The van der Waals surface area contributed by atoms with Crippen LogP contribution in [0.3, 0.4) is 0 Å². The molecule has 0 saturated carbocycles. The zero-order valence-corrected chi connectivity index (χ0v) is 11.8. The lowest BCUT2D eigenvalue weighted by Crippen LogP contribution is -2.21. The average Bonchev–Trinajstić information content (AvgIpc) is 2.91. The number of hydrogen-bond acceptors (Lipinski definition) is 3. The third-order valence-electron chi connectivity index (χ3n) is 3.05. The Labute approximate surface area is 117 Å². The molecule has 0 aliphatic rings. The second kappa shape index (κ2) is 6.50. The second-order valence-corrected chi connectivity index (χ2v) is 5.48. The van der Waals surface area contributed by atoms with Crippen LogP contribution < -0.4 is 5.73 Å². The first-order valence-corrected chi connectivity index (χ1v) is 7.20. The maximum Gasteiger partial charge on any atom is 0.248 e. The summed E-state index contributed by atoms with van der Waals surface area (Å²) >= 11 is 1.78. The number of nitrogens with zero attached hydrogens (tertiary/aromatic N) is 1. The molecule has 1 heterocycles. The zero-order chi connectivity index (χ0) is 13.7. The Morgan fingerprint density at radius 3 is 2.47 bits per heavy atom. The Balaban J connectivity index is 1.99. The molecule has 1 amide bonds. The van der Waals surface area contributed by atoms with E-state index in [2.05, 4.69) is 29.3 Å². The Morgan fingerprint density at radius 2 is 1.95 bits per heavy atom. The Kier molecular flexibility index (Phi) is 4.71. The highest BCUT2D eigenvalue weighted by molar-refractivity contribution is 7.09. The molecule has 4 heteroatoms. The first kappa shape index (κ1) is 13.8. The van der Waals surface area contributed by atoms with Crippen LogP contribution in [0.5, 0.6) is 0 Å². The molecule has 0 saturated heterocycles. The van der Waals surface area contributed by atoms with Gasteiger partial charge in [-0.2, -0.15) is 0 Å². The molecule has 2 aromatic rings. The van der Waals surface area contributed by atoms with Gasteiger partial charge in [-0.05, 0) is 35.7 Å². The Bertz CT molecular complexity index is 520. The summed E-state index contributed by atoms with van der Waals surface area (Å²) in [5, 5.41) is 2.10. The highest BCUT2D eigenvalue weighted by Gasteiger charge is 2.06. The molecule has 2 rings (SSSR count). The number of carbonyl (C=O) groups is 1. The van der Waals surface area contributed by atoms with Crippen LogP contribution in [0.1, 0.15) is 27.7 Å². The Hall–Kier alpha value is -1.65. The summed E-state index contributed by atoms with van der Waals surface area (Å²) in [4.78, 5) is 14.8. The Morgan fingerprint density at radius 1 is 1.21 bits per heavy atom. The van der Waals surface area contributed by atoms with Crippen molar-refractivity contribution in [2.75, 3.05) is 6.54 Å². The smallest absolute Gasteiger partial charge is 0.248 e. The third-order valence-corrected chi connectivity index (χ3v) is 3.91. The highest BCUT2D eigenvalue weighted by atomic mass is 32.1. The highest BCUT2D eigenvalue weighted by Crippen LogP contribution is 2.14. The predicted octanol–water partition coefficient (Wildman–Crippen LogP) is 2.87. The van der Waals surface area contributed by atoms with Crippen LogP contribution in [0.4, 0.5) is 0 Å². The molecule has 100 valence electrons. The summed E-state index contributed by atoms with van der Waals surface area (Å²) < 4.78 is 0. The van der Waals surface area contributed by atoms with Gasteiger partial charge in [0.05, 0.1) is 0 Å². The van der Waals surface area contributed by atoms with Crippen molar-refractivity contribution in [1.29, 1.82) is 0 Å². The number of carbonyl (C=O) groups excluding carboxylic acids is 1. The van der Waals surface area contributed by atoms with Gasteiger partial charge in [-0.3, -0.25) is 9.69 Å². The number of primary amides is 1. The number of nitrogens with two attached hydrogens (primary N) is 1. The van der Waals surface area contributed by atoms with Gasteiger partial charge < -0.3 is 5.73 Å². The van der Waals surface area contributed by atoms with Crippen molar-refractivity contribution >= 4 is 17.2 Å². The van der Waals surface area contributed by atoms with Crippen LogP contribution in [0.15, 0.2) is 41.8 Å². The zero-order valence-electron chi connectivity index (χ0n) is 11.0. The van der Waals surface area contributed by atoms with E-state index in [0.717, 1.165) is 19.6 Å². The van der Waals surface area contributed by atoms with Crippen molar-refractivity contribution in [1.82, 2.24) is 4.90 Å². The topological polar surface area (TPSA) is 46.3 Å². The van der Waals surface area contributed by atoms with E-state index >= 15 is 0 Å². The maximum atomic E-state index is 11.0. The molecule has 0 aliphatic heterocycles. The van der Waals surface area contributed by atoms with E-state index < -0.39 is 0 Å². The fraction of sp³-hybridized carbons (Fsp3) is 0.267. The van der Waals surface area contributed by atoms with E-state index in [4.69, 9.17) is 5.73 Å². The first-order valence-electron chi connectivity index (χ1n) is 6.32. The third kappa shape index (κ3) is 3.91. The lowest BCUT2D eigenvalue weighted by molar-refractivity contribution is 0.100. The predicted molar refractivity (Wildman–Crippen MR) is 79.1 cm³/mol. The van der Waals surface area contributed by atoms with Gasteiger partial charge in [-0.1, -0.05) is 25.1 Å². The molecule has 0 radical (unpaired) electrons. The fourth-order valence-corrected chi connectivity index (χ4v) is 2.68. The van der Waals surface area contributed by atoms with Gasteiger partial charge in [0.15, 0.2) is 0 Å². The molecule has 0 atom stereocenters. The van der Waals surface area contributed by atoms with E-state index in [0.29, 0.717) is 5.56 Å². The normalized spacial score (nSPS) is 10.8. The average molecular weight is 274 g/mol. The molecule has 2 N–H and O–H groups in total. The largest absolute Gasteiger partial charge is 0.366 e. The molecule has 0 bridgehead atoms. The molecular weight excluding hydrogens is 256 g/mol. The molecule has 1 aromatic carbocycles. The van der Waals surface area contributed by atoms with Crippen LogP contribution >= 0.6 is 11.3 Å². The molecule has 19 heavy (non-hydrogen) atoms. The summed E-state index contributed by atoms with van der Waals surface area (Å²) in [5.74, 6) is -0.377. The number of benzene rings is 1. The standard InChI is InChI=1S/C15H18N2OS/c1-2-17(11-14-4-3-9-19-14)10-12-5-7-13(8-6-12)15(16)18/h3-9H,2,10-11H2,1H3,(H2,16,18). The maximum absolute atomic E-state index is 11.0. The van der Waals surface area contributed by atoms with Crippen molar-refractivity contribution in [3.8, 4) is 0 Å². The molecule has 1 aromatic heterocycles. The summed E-state index contributed by atoms with van der Waals surface area (Å²) in [5.41, 5.74) is 6.99. The van der Waals surface area contributed by atoms with Crippen molar-refractivity contribution < 1.29 is 4.79 Å². The van der Waals surface area contributed by atoms with Gasteiger partial charge in [0.1, 0.15) is 0 Å². The molecule has 3 nitrogen and oxygen atoms in total. The molecule has 0 aliphatic carbocycles. The SMILES string of the molecule is CCN(Cc1ccc(C(N)=O)cc1)Cc1cccs1. The molecule has 0 spiro atoms. The van der Waals surface area contributed by atoms with Crippen LogP contribution in [0, 0.1) is 0 Å². The monoisotopic (exact) mass is 274 g/mol. The van der Waals surface area contributed by atoms with Gasteiger partial charge in [-0.15, -0.1) is 11.3 Å². The van der Waals surface area contributed by atoms with Crippen molar-refractivity contribution in [2.24, 2.45) is 5.73 Å². The summed E-state index contributed by atoms with van der Waals surface area (Å²) in [7, 11) is 0. The molecule has 0 unspecified atom stereocenters. The second-order valence-electron chi connectivity index (χ2n) is 4.44. The summed E-state index contributed by atoms with van der Waals surface area (Å²) in [6, 6.07) is 11.8. The quantitative estimate of drug-likeness (QED) is 0.880.